The summed E-state index contributed by atoms with van der Waals surface area (Å²) in [6.07, 6.45) is 0. The van der Waals surface area contributed by atoms with E-state index in [9.17, 15) is 13.2 Å². The second-order valence-corrected chi connectivity index (χ2v) is 6.46. The standard InChI is InChI=1S/C8H18N2O4S/c1-8(2,3)6(7(11)12)9-15(13,14)10(4)5/h6,9H,1-5H3,(H,11,12)/t6-/m0/s1. The van der Waals surface area contributed by atoms with Gasteiger partial charge in [-0.2, -0.15) is 17.4 Å². The van der Waals surface area contributed by atoms with Crippen LogP contribution >= 0.6 is 0 Å². The third-order valence-corrected chi connectivity index (χ3v) is 3.36. The quantitative estimate of drug-likeness (QED) is 0.715. The summed E-state index contributed by atoms with van der Waals surface area (Å²) in [6, 6.07) is -1.15. The number of carbonyl (C=O) groups is 1. The van der Waals surface area contributed by atoms with E-state index in [1.807, 2.05) is 0 Å². The number of nitrogens with zero attached hydrogens (tertiary/aromatic N) is 1. The fraction of sp³-hybridized carbons (Fsp3) is 0.875. The molecule has 0 aromatic rings. The molecule has 1 atom stereocenters. The Morgan fingerprint density at radius 2 is 1.73 bits per heavy atom. The SMILES string of the molecule is CN(C)S(=O)(=O)N[C@@H](C(=O)O)C(C)(C)C. The van der Waals surface area contributed by atoms with Gasteiger partial charge >= 0.3 is 5.97 Å². The first kappa shape index (κ1) is 14.3. The average Bonchev–Trinajstić information content (AvgIpc) is 1.97. The van der Waals surface area contributed by atoms with Crippen molar-refractivity contribution in [1.82, 2.24) is 9.03 Å². The molecule has 0 radical (unpaired) electrons. The zero-order valence-corrected chi connectivity index (χ0v) is 10.4. The summed E-state index contributed by atoms with van der Waals surface area (Å²) in [7, 11) is -1.05. The minimum absolute atomic E-state index is 0.686. The highest BCUT2D eigenvalue weighted by molar-refractivity contribution is 7.87. The maximum Gasteiger partial charge on any atom is 0.322 e. The minimum Gasteiger partial charge on any atom is -0.480 e. The van der Waals surface area contributed by atoms with E-state index in [1.165, 1.54) is 14.1 Å². The molecular formula is C8H18N2O4S. The van der Waals surface area contributed by atoms with Crippen molar-refractivity contribution in [2.45, 2.75) is 26.8 Å². The van der Waals surface area contributed by atoms with E-state index in [4.69, 9.17) is 5.11 Å². The van der Waals surface area contributed by atoms with Crippen molar-refractivity contribution >= 4 is 16.2 Å². The molecule has 0 aromatic heterocycles. The molecule has 90 valence electrons. The smallest absolute Gasteiger partial charge is 0.322 e. The highest BCUT2D eigenvalue weighted by Gasteiger charge is 2.35. The van der Waals surface area contributed by atoms with E-state index >= 15 is 0 Å². The van der Waals surface area contributed by atoms with Gasteiger partial charge in [-0.3, -0.25) is 4.79 Å². The molecule has 15 heavy (non-hydrogen) atoms. The summed E-state index contributed by atoms with van der Waals surface area (Å²) in [5, 5.41) is 8.91. The largest absolute Gasteiger partial charge is 0.480 e. The monoisotopic (exact) mass is 238 g/mol. The van der Waals surface area contributed by atoms with Crippen molar-refractivity contribution in [2.24, 2.45) is 5.41 Å². The Balaban J connectivity index is 4.97. The van der Waals surface area contributed by atoms with Gasteiger partial charge in [0.05, 0.1) is 0 Å². The zero-order valence-electron chi connectivity index (χ0n) is 9.60. The Morgan fingerprint density at radius 1 is 1.33 bits per heavy atom. The van der Waals surface area contributed by atoms with Crippen LogP contribution in [-0.2, 0) is 15.0 Å². The van der Waals surface area contributed by atoms with Crippen LogP contribution in [0.25, 0.3) is 0 Å². The lowest BCUT2D eigenvalue weighted by molar-refractivity contribution is -0.141. The Bertz CT molecular complexity index is 329. The molecule has 0 aliphatic carbocycles. The molecule has 0 spiro atoms. The van der Waals surface area contributed by atoms with Gasteiger partial charge in [0.2, 0.25) is 0 Å². The molecular weight excluding hydrogens is 220 g/mol. The average molecular weight is 238 g/mol. The van der Waals surface area contributed by atoms with Crippen LogP contribution in [-0.4, -0.2) is 43.9 Å². The van der Waals surface area contributed by atoms with Gasteiger partial charge in [0.15, 0.2) is 0 Å². The lowest BCUT2D eigenvalue weighted by Crippen LogP contribution is -2.52. The van der Waals surface area contributed by atoms with Crippen LogP contribution in [0.15, 0.2) is 0 Å². The lowest BCUT2D eigenvalue weighted by atomic mass is 9.88. The Hall–Kier alpha value is -0.660. The van der Waals surface area contributed by atoms with Gasteiger partial charge < -0.3 is 5.11 Å². The second kappa shape index (κ2) is 4.46. The summed E-state index contributed by atoms with van der Waals surface area (Å²) >= 11 is 0. The van der Waals surface area contributed by atoms with Gasteiger partial charge in [0.1, 0.15) is 6.04 Å². The minimum atomic E-state index is -3.72. The number of nitrogens with one attached hydrogen (secondary N) is 1. The first-order valence-corrected chi connectivity index (χ1v) is 5.85. The summed E-state index contributed by atoms with van der Waals surface area (Å²) in [5.74, 6) is -1.19. The van der Waals surface area contributed by atoms with Gasteiger partial charge in [-0.25, -0.2) is 0 Å². The maximum atomic E-state index is 11.4. The summed E-state index contributed by atoms with van der Waals surface area (Å²) in [5.41, 5.74) is -0.686. The van der Waals surface area contributed by atoms with Crippen molar-refractivity contribution < 1.29 is 18.3 Å². The van der Waals surface area contributed by atoms with Crippen molar-refractivity contribution in [1.29, 1.82) is 0 Å². The number of hydrogen-bond acceptors (Lipinski definition) is 3. The van der Waals surface area contributed by atoms with Gasteiger partial charge in [-0.1, -0.05) is 20.8 Å². The fourth-order valence-corrected chi connectivity index (χ4v) is 1.81. The molecule has 0 aliphatic heterocycles. The lowest BCUT2D eigenvalue weighted by Gasteiger charge is -2.28. The Labute approximate surface area is 90.5 Å². The molecule has 0 unspecified atom stereocenters. The van der Waals surface area contributed by atoms with Crippen molar-refractivity contribution in [3.05, 3.63) is 0 Å². The molecule has 0 amide bonds. The maximum absolute atomic E-state index is 11.4. The molecule has 0 bridgehead atoms. The van der Waals surface area contributed by atoms with E-state index in [0.717, 1.165) is 4.31 Å². The first-order valence-electron chi connectivity index (χ1n) is 4.41. The van der Waals surface area contributed by atoms with E-state index in [2.05, 4.69) is 4.72 Å². The zero-order chi connectivity index (χ0) is 12.4. The first-order chi connectivity index (χ1) is 6.48. The number of carboxylic acids is 1. The van der Waals surface area contributed by atoms with Crippen LogP contribution in [0.3, 0.4) is 0 Å². The molecule has 0 aliphatic rings. The highest BCUT2D eigenvalue weighted by Crippen LogP contribution is 2.20. The van der Waals surface area contributed by atoms with E-state index in [-0.39, 0.29) is 0 Å². The van der Waals surface area contributed by atoms with Crippen molar-refractivity contribution in [3.8, 4) is 0 Å². The van der Waals surface area contributed by atoms with Crippen LogP contribution in [0.2, 0.25) is 0 Å². The number of hydrogen-bond donors (Lipinski definition) is 2. The number of aliphatic carboxylic acids is 1. The van der Waals surface area contributed by atoms with Gasteiger partial charge in [-0.05, 0) is 5.41 Å². The van der Waals surface area contributed by atoms with E-state index in [0.29, 0.717) is 0 Å². The second-order valence-electron chi connectivity index (χ2n) is 4.54. The molecule has 0 rings (SSSR count). The van der Waals surface area contributed by atoms with Gasteiger partial charge in [0, 0.05) is 14.1 Å². The van der Waals surface area contributed by atoms with Crippen LogP contribution in [0.5, 0.6) is 0 Å². The van der Waals surface area contributed by atoms with Crippen LogP contribution in [0, 0.1) is 5.41 Å². The van der Waals surface area contributed by atoms with Crippen LogP contribution in [0.1, 0.15) is 20.8 Å². The van der Waals surface area contributed by atoms with E-state index in [1.54, 1.807) is 20.8 Å². The predicted molar refractivity (Wildman–Crippen MR) is 56.6 cm³/mol. The van der Waals surface area contributed by atoms with Crippen LogP contribution in [0.4, 0.5) is 0 Å². The molecule has 0 aromatic carbocycles. The summed E-state index contributed by atoms with van der Waals surface area (Å²) < 4.78 is 26.0. The number of carboxylic acid groups (broad SMARTS) is 1. The summed E-state index contributed by atoms with van der Waals surface area (Å²) in [6.45, 7) is 4.97. The molecule has 2 N–H and O–H groups in total. The molecule has 6 nitrogen and oxygen atoms in total. The topological polar surface area (TPSA) is 86.7 Å². The van der Waals surface area contributed by atoms with Crippen molar-refractivity contribution in [3.63, 3.8) is 0 Å². The van der Waals surface area contributed by atoms with E-state index < -0.39 is 27.6 Å². The third kappa shape index (κ3) is 4.15. The van der Waals surface area contributed by atoms with Gasteiger partial charge in [0.25, 0.3) is 10.2 Å². The molecule has 0 saturated heterocycles. The molecule has 7 heteroatoms. The Kier molecular flexibility index (Phi) is 4.26. The molecule has 0 saturated carbocycles. The fourth-order valence-electron chi connectivity index (χ4n) is 0.852. The van der Waals surface area contributed by atoms with Gasteiger partial charge in [-0.15, -0.1) is 0 Å². The summed E-state index contributed by atoms with van der Waals surface area (Å²) in [4.78, 5) is 10.9. The normalized spacial score (nSPS) is 15.3. The predicted octanol–water partition coefficient (Wildman–Crippen LogP) is -0.118. The molecule has 0 heterocycles. The Morgan fingerprint density at radius 3 is 1.93 bits per heavy atom. The number of rotatable bonds is 4. The van der Waals surface area contributed by atoms with Crippen molar-refractivity contribution in [2.75, 3.05) is 14.1 Å². The van der Waals surface area contributed by atoms with Crippen LogP contribution < -0.4 is 4.72 Å². The highest BCUT2D eigenvalue weighted by atomic mass is 32.2. The third-order valence-electron chi connectivity index (χ3n) is 1.86. The molecule has 0 fully saturated rings.